The Kier molecular flexibility index (Phi) is 4.15. The third-order valence-corrected chi connectivity index (χ3v) is 3.43. The minimum atomic E-state index is -0.952. The highest BCUT2D eigenvalue weighted by molar-refractivity contribution is 5.94. The molecule has 1 aromatic rings. The predicted octanol–water partition coefficient (Wildman–Crippen LogP) is 1.52. The van der Waals surface area contributed by atoms with E-state index >= 15 is 0 Å². The molecule has 0 aromatic carbocycles. The van der Waals surface area contributed by atoms with Crippen molar-refractivity contribution in [3.63, 3.8) is 0 Å². The molecule has 1 saturated heterocycles. The van der Waals surface area contributed by atoms with Gasteiger partial charge in [-0.05, 0) is 31.7 Å². The maximum atomic E-state index is 11.2. The van der Waals surface area contributed by atoms with Gasteiger partial charge in [0.15, 0.2) is 0 Å². The molecule has 18 heavy (non-hydrogen) atoms. The molecule has 0 amide bonds. The monoisotopic (exact) mass is 250 g/mol. The molecule has 1 fully saturated rings. The fraction of sp³-hybridized carbons (Fsp3) is 0.538. The lowest BCUT2D eigenvalue weighted by Gasteiger charge is -2.38. The average molecular weight is 250 g/mol. The van der Waals surface area contributed by atoms with Crippen molar-refractivity contribution in [3.8, 4) is 0 Å². The molecule has 5 nitrogen and oxygen atoms in total. The average Bonchev–Trinajstić information content (AvgIpc) is 2.40. The molecule has 98 valence electrons. The first-order chi connectivity index (χ1) is 8.74. The lowest BCUT2D eigenvalue weighted by atomic mass is 9.98. The second-order valence-corrected chi connectivity index (χ2v) is 4.55. The van der Waals surface area contributed by atoms with E-state index in [0.29, 0.717) is 6.42 Å². The maximum Gasteiger partial charge on any atom is 0.339 e. The van der Waals surface area contributed by atoms with Gasteiger partial charge < -0.3 is 15.1 Å². The summed E-state index contributed by atoms with van der Waals surface area (Å²) >= 11 is 0. The van der Waals surface area contributed by atoms with Crippen LogP contribution in [0.5, 0.6) is 0 Å². The summed E-state index contributed by atoms with van der Waals surface area (Å²) in [5.74, 6) is -0.952. The van der Waals surface area contributed by atoms with E-state index in [-0.39, 0.29) is 18.2 Å². The molecular formula is C13H18N2O3. The van der Waals surface area contributed by atoms with Crippen molar-refractivity contribution in [2.24, 2.45) is 0 Å². The van der Waals surface area contributed by atoms with Crippen LogP contribution in [0.25, 0.3) is 0 Å². The smallest absolute Gasteiger partial charge is 0.339 e. The van der Waals surface area contributed by atoms with Gasteiger partial charge in [0, 0.05) is 31.6 Å². The molecular weight excluding hydrogens is 232 g/mol. The van der Waals surface area contributed by atoms with E-state index in [1.807, 2.05) is 0 Å². The summed E-state index contributed by atoms with van der Waals surface area (Å²) in [5, 5.41) is 18.3. The van der Waals surface area contributed by atoms with Crippen LogP contribution in [-0.2, 0) is 0 Å². The van der Waals surface area contributed by atoms with Crippen LogP contribution in [0.1, 0.15) is 36.0 Å². The van der Waals surface area contributed by atoms with Crippen LogP contribution in [0.4, 0.5) is 5.69 Å². The zero-order valence-electron chi connectivity index (χ0n) is 10.2. The van der Waals surface area contributed by atoms with Gasteiger partial charge in [0.1, 0.15) is 5.56 Å². The van der Waals surface area contributed by atoms with Gasteiger partial charge in [0.25, 0.3) is 0 Å². The van der Waals surface area contributed by atoms with Gasteiger partial charge in [-0.25, -0.2) is 4.79 Å². The summed E-state index contributed by atoms with van der Waals surface area (Å²) in [4.78, 5) is 17.2. The Hall–Kier alpha value is -1.62. The minimum Gasteiger partial charge on any atom is -0.478 e. The Bertz CT molecular complexity index is 420. The number of carboxylic acids is 1. The number of nitrogens with zero attached hydrogens (tertiary/aromatic N) is 2. The number of rotatable bonds is 4. The maximum absolute atomic E-state index is 11.2. The fourth-order valence-electron chi connectivity index (χ4n) is 2.57. The minimum absolute atomic E-state index is 0.134. The lowest BCUT2D eigenvalue weighted by Crippen LogP contribution is -2.41. The zero-order valence-corrected chi connectivity index (χ0v) is 10.2. The SMILES string of the molecule is O=C(O)c1cnccc1N1CCCCC1CCO. The number of aromatic nitrogens is 1. The topological polar surface area (TPSA) is 73.7 Å². The second kappa shape index (κ2) is 5.82. The number of aliphatic hydroxyl groups excluding tert-OH is 1. The molecule has 5 heteroatoms. The van der Waals surface area contributed by atoms with Gasteiger partial charge in [0.2, 0.25) is 0 Å². The molecule has 2 N–H and O–H groups in total. The number of carboxylic acid groups (broad SMARTS) is 1. The van der Waals surface area contributed by atoms with Crippen LogP contribution in [0.15, 0.2) is 18.5 Å². The van der Waals surface area contributed by atoms with Crippen LogP contribution in [0.3, 0.4) is 0 Å². The summed E-state index contributed by atoms with van der Waals surface area (Å²) < 4.78 is 0. The molecule has 0 radical (unpaired) electrons. The van der Waals surface area contributed by atoms with Crippen LogP contribution < -0.4 is 4.90 Å². The second-order valence-electron chi connectivity index (χ2n) is 4.55. The van der Waals surface area contributed by atoms with Crippen molar-refractivity contribution in [3.05, 3.63) is 24.0 Å². The number of hydrogen-bond donors (Lipinski definition) is 2. The van der Waals surface area contributed by atoms with E-state index < -0.39 is 5.97 Å². The predicted molar refractivity (Wildman–Crippen MR) is 67.9 cm³/mol. The van der Waals surface area contributed by atoms with Gasteiger partial charge >= 0.3 is 5.97 Å². The van der Waals surface area contributed by atoms with Crippen LogP contribution in [-0.4, -0.2) is 40.4 Å². The first-order valence-electron chi connectivity index (χ1n) is 6.29. The standard InChI is InChI=1S/C13H18N2O3/c16-8-5-10-3-1-2-7-15(10)12-4-6-14-9-11(12)13(17)18/h4,6,9-10,16H,1-3,5,7-8H2,(H,17,18). The summed E-state index contributed by atoms with van der Waals surface area (Å²) in [7, 11) is 0. The summed E-state index contributed by atoms with van der Waals surface area (Å²) in [5.41, 5.74) is 0.956. The third-order valence-electron chi connectivity index (χ3n) is 3.43. The molecule has 1 aliphatic heterocycles. The first kappa shape index (κ1) is 12.8. The Labute approximate surface area is 106 Å². The highest BCUT2D eigenvalue weighted by atomic mass is 16.4. The van der Waals surface area contributed by atoms with Crippen molar-refractivity contribution in [2.75, 3.05) is 18.1 Å². The zero-order chi connectivity index (χ0) is 13.0. The summed E-state index contributed by atoms with van der Waals surface area (Å²) in [6.07, 6.45) is 6.88. The molecule has 0 aliphatic carbocycles. The number of hydrogen-bond acceptors (Lipinski definition) is 4. The Morgan fingerprint density at radius 1 is 1.50 bits per heavy atom. The quantitative estimate of drug-likeness (QED) is 0.847. The van der Waals surface area contributed by atoms with Gasteiger partial charge in [0.05, 0.1) is 5.69 Å². The molecule has 1 aliphatic rings. The third kappa shape index (κ3) is 2.61. The fourth-order valence-corrected chi connectivity index (χ4v) is 2.57. The Balaban J connectivity index is 2.30. The van der Waals surface area contributed by atoms with E-state index in [2.05, 4.69) is 9.88 Å². The van der Waals surface area contributed by atoms with E-state index in [1.165, 1.54) is 6.20 Å². The van der Waals surface area contributed by atoms with Crippen molar-refractivity contribution in [2.45, 2.75) is 31.7 Å². The largest absolute Gasteiger partial charge is 0.478 e. The van der Waals surface area contributed by atoms with Crippen molar-refractivity contribution >= 4 is 11.7 Å². The normalized spacial score (nSPS) is 19.8. The Morgan fingerprint density at radius 2 is 2.33 bits per heavy atom. The number of anilines is 1. The van der Waals surface area contributed by atoms with Crippen LogP contribution in [0, 0.1) is 0 Å². The number of aromatic carboxylic acids is 1. The van der Waals surface area contributed by atoms with Crippen LogP contribution >= 0.6 is 0 Å². The molecule has 1 aromatic heterocycles. The molecule has 0 saturated carbocycles. The number of aliphatic hydroxyl groups is 1. The number of carbonyl (C=O) groups is 1. The van der Waals surface area contributed by atoms with Gasteiger partial charge in [-0.3, -0.25) is 4.98 Å². The van der Waals surface area contributed by atoms with E-state index in [0.717, 1.165) is 31.5 Å². The van der Waals surface area contributed by atoms with Crippen molar-refractivity contribution < 1.29 is 15.0 Å². The molecule has 0 spiro atoms. The highest BCUT2D eigenvalue weighted by Crippen LogP contribution is 2.28. The Morgan fingerprint density at radius 3 is 3.06 bits per heavy atom. The first-order valence-corrected chi connectivity index (χ1v) is 6.29. The molecule has 0 bridgehead atoms. The van der Waals surface area contributed by atoms with Gasteiger partial charge in [-0.2, -0.15) is 0 Å². The van der Waals surface area contributed by atoms with Crippen LogP contribution in [0.2, 0.25) is 0 Å². The summed E-state index contributed by atoms with van der Waals surface area (Å²) in [6.45, 7) is 0.976. The number of piperidine rings is 1. The van der Waals surface area contributed by atoms with Gasteiger partial charge in [-0.15, -0.1) is 0 Å². The van der Waals surface area contributed by atoms with E-state index in [9.17, 15) is 9.90 Å². The summed E-state index contributed by atoms with van der Waals surface area (Å²) in [6, 6.07) is 1.98. The molecule has 2 rings (SSSR count). The van der Waals surface area contributed by atoms with Crippen molar-refractivity contribution in [1.29, 1.82) is 0 Å². The lowest BCUT2D eigenvalue weighted by molar-refractivity contribution is 0.0697. The van der Waals surface area contributed by atoms with E-state index in [4.69, 9.17) is 5.11 Å². The number of pyridine rings is 1. The highest BCUT2D eigenvalue weighted by Gasteiger charge is 2.25. The van der Waals surface area contributed by atoms with E-state index in [1.54, 1.807) is 12.3 Å². The molecule has 1 unspecified atom stereocenters. The molecule has 2 heterocycles. The van der Waals surface area contributed by atoms with Crippen molar-refractivity contribution in [1.82, 2.24) is 4.98 Å². The molecule has 1 atom stereocenters. The van der Waals surface area contributed by atoms with Gasteiger partial charge in [-0.1, -0.05) is 0 Å².